The summed E-state index contributed by atoms with van der Waals surface area (Å²) in [5.41, 5.74) is 0.841. The van der Waals surface area contributed by atoms with Gasteiger partial charge in [0, 0.05) is 19.2 Å². The Labute approximate surface area is 74.8 Å². The van der Waals surface area contributed by atoms with Crippen LogP contribution < -0.4 is 5.32 Å². The number of rotatable bonds is 2. The van der Waals surface area contributed by atoms with Gasteiger partial charge in [-0.05, 0) is 6.07 Å². The molecule has 0 fully saturated rings. The van der Waals surface area contributed by atoms with Gasteiger partial charge in [0.2, 0.25) is 0 Å². The first-order chi connectivity index (χ1) is 6.19. The average Bonchev–Trinajstić information content (AvgIpc) is 2.16. The number of non-ortho nitro benzene ring substituents is 1. The molecule has 66 valence electrons. The lowest BCUT2D eigenvalue weighted by Crippen LogP contribution is -1.94. The summed E-state index contributed by atoms with van der Waals surface area (Å²) in [7, 11) is 1.61. The molecule has 0 aliphatic heterocycles. The molecule has 0 aliphatic rings. The molecular weight excluding hydrogens is 170 g/mol. The summed E-state index contributed by atoms with van der Waals surface area (Å²) in [6.07, 6.45) is 0. The lowest BCUT2D eigenvalue weighted by molar-refractivity contribution is -0.384. The maximum absolute atomic E-state index is 10.4. The van der Waals surface area contributed by atoms with Crippen molar-refractivity contribution in [3.63, 3.8) is 0 Å². The highest BCUT2D eigenvalue weighted by Gasteiger charge is 2.08. The topological polar surface area (TPSA) is 79.0 Å². The van der Waals surface area contributed by atoms with E-state index in [0.29, 0.717) is 11.3 Å². The van der Waals surface area contributed by atoms with Crippen LogP contribution in [0.15, 0.2) is 18.2 Å². The zero-order valence-corrected chi connectivity index (χ0v) is 6.94. The summed E-state index contributed by atoms with van der Waals surface area (Å²) < 4.78 is 0. The molecule has 1 N–H and O–H groups in total. The maximum Gasteiger partial charge on any atom is 0.271 e. The fourth-order valence-electron chi connectivity index (χ4n) is 0.950. The molecular formula is C8H7N3O2. The van der Waals surface area contributed by atoms with E-state index in [1.807, 2.05) is 6.07 Å². The molecule has 0 atom stereocenters. The average molecular weight is 177 g/mol. The lowest BCUT2D eigenvalue weighted by atomic mass is 10.2. The summed E-state index contributed by atoms with van der Waals surface area (Å²) in [5.74, 6) is 0. The highest BCUT2D eigenvalue weighted by molar-refractivity contribution is 5.61. The molecule has 0 aromatic heterocycles. The van der Waals surface area contributed by atoms with Crippen molar-refractivity contribution in [1.82, 2.24) is 0 Å². The Morgan fingerprint density at radius 2 is 2.31 bits per heavy atom. The van der Waals surface area contributed by atoms with E-state index in [4.69, 9.17) is 5.26 Å². The molecule has 1 rings (SSSR count). The van der Waals surface area contributed by atoms with Crippen LogP contribution in [0.4, 0.5) is 11.4 Å². The minimum Gasteiger partial charge on any atom is -0.387 e. The zero-order valence-electron chi connectivity index (χ0n) is 6.94. The summed E-state index contributed by atoms with van der Waals surface area (Å²) in [4.78, 5) is 9.87. The summed E-state index contributed by atoms with van der Waals surface area (Å²) in [6.45, 7) is 0. The van der Waals surface area contributed by atoms with E-state index in [1.165, 1.54) is 18.2 Å². The van der Waals surface area contributed by atoms with Crippen LogP contribution in [0.25, 0.3) is 0 Å². The standard InChI is InChI=1S/C8H7N3O2/c1-10-8-4-7(11(12)13)3-2-6(8)5-9/h2-4,10H,1H3. The molecule has 0 amide bonds. The molecule has 5 nitrogen and oxygen atoms in total. The van der Waals surface area contributed by atoms with Gasteiger partial charge in [0.15, 0.2) is 0 Å². The van der Waals surface area contributed by atoms with Gasteiger partial charge in [0.25, 0.3) is 5.69 Å². The summed E-state index contributed by atoms with van der Waals surface area (Å²) in [6, 6.07) is 5.98. The van der Waals surface area contributed by atoms with Crippen molar-refractivity contribution in [2.45, 2.75) is 0 Å². The third-order valence-corrected chi connectivity index (χ3v) is 1.60. The molecule has 0 aliphatic carbocycles. The minimum absolute atomic E-state index is 0.0247. The van der Waals surface area contributed by atoms with E-state index in [1.54, 1.807) is 7.05 Å². The highest BCUT2D eigenvalue weighted by atomic mass is 16.6. The number of nitro benzene ring substituents is 1. The number of hydrogen-bond donors (Lipinski definition) is 1. The Hall–Kier alpha value is -2.09. The molecule has 5 heteroatoms. The Morgan fingerprint density at radius 3 is 2.77 bits per heavy atom. The van der Waals surface area contributed by atoms with Crippen LogP contribution in [0.5, 0.6) is 0 Å². The van der Waals surface area contributed by atoms with Crippen LogP contribution in [0.1, 0.15) is 5.56 Å². The predicted octanol–water partition coefficient (Wildman–Crippen LogP) is 1.51. The monoisotopic (exact) mass is 177 g/mol. The number of nitrogens with zero attached hydrogens (tertiary/aromatic N) is 2. The Balaban J connectivity index is 3.23. The van der Waals surface area contributed by atoms with Gasteiger partial charge in [-0.2, -0.15) is 5.26 Å². The minimum atomic E-state index is -0.498. The van der Waals surface area contributed by atoms with Crippen molar-refractivity contribution in [3.8, 4) is 6.07 Å². The number of nitrogens with one attached hydrogen (secondary N) is 1. The van der Waals surface area contributed by atoms with E-state index in [9.17, 15) is 10.1 Å². The van der Waals surface area contributed by atoms with Crippen molar-refractivity contribution in [3.05, 3.63) is 33.9 Å². The Kier molecular flexibility index (Phi) is 2.45. The first-order valence-corrected chi connectivity index (χ1v) is 3.55. The van der Waals surface area contributed by atoms with Gasteiger partial charge in [0.1, 0.15) is 6.07 Å². The number of benzene rings is 1. The molecule has 0 saturated heterocycles. The van der Waals surface area contributed by atoms with Gasteiger partial charge in [-0.25, -0.2) is 0 Å². The molecule has 1 aromatic rings. The molecule has 0 radical (unpaired) electrons. The molecule has 0 heterocycles. The molecule has 0 unspecified atom stereocenters. The number of nitro groups is 1. The third-order valence-electron chi connectivity index (χ3n) is 1.60. The number of anilines is 1. The van der Waals surface area contributed by atoms with Crippen LogP contribution in [-0.2, 0) is 0 Å². The third kappa shape index (κ3) is 1.73. The van der Waals surface area contributed by atoms with E-state index in [-0.39, 0.29) is 5.69 Å². The molecule has 0 spiro atoms. The number of hydrogen-bond acceptors (Lipinski definition) is 4. The second-order valence-corrected chi connectivity index (χ2v) is 2.35. The quantitative estimate of drug-likeness (QED) is 0.548. The summed E-state index contributed by atoms with van der Waals surface area (Å²) >= 11 is 0. The first kappa shape index (κ1) is 9.00. The molecule has 0 bridgehead atoms. The van der Waals surface area contributed by atoms with Crippen molar-refractivity contribution in [2.75, 3.05) is 12.4 Å². The lowest BCUT2D eigenvalue weighted by Gasteiger charge is -2.01. The van der Waals surface area contributed by atoms with Crippen LogP contribution >= 0.6 is 0 Å². The SMILES string of the molecule is CNc1cc([N+](=O)[O-])ccc1C#N. The Morgan fingerprint density at radius 1 is 1.62 bits per heavy atom. The zero-order chi connectivity index (χ0) is 9.84. The van der Waals surface area contributed by atoms with E-state index in [2.05, 4.69) is 5.32 Å². The second-order valence-electron chi connectivity index (χ2n) is 2.35. The van der Waals surface area contributed by atoms with E-state index in [0.717, 1.165) is 0 Å². The van der Waals surface area contributed by atoms with E-state index >= 15 is 0 Å². The van der Waals surface area contributed by atoms with Crippen LogP contribution in [0.3, 0.4) is 0 Å². The van der Waals surface area contributed by atoms with Crippen LogP contribution in [0.2, 0.25) is 0 Å². The van der Waals surface area contributed by atoms with Crippen molar-refractivity contribution in [1.29, 1.82) is 5.26 Å². The largest absolute Gasteiger partial charge is 0.387 e. The summed E-state index contributed by atoms with van der Waals surface area (Å²) in [5, 5.41) is 21.7. The fraction of sp³-hybridized carbons (Fsp3) is 0.125. The van der Waals surface area contributed by atoms with Gasteiger partial charge in [-0.1, -0.05) is 0 Å². The van der Waals surface area contributed by atoms with Crippen molar-refractivity contribution >= 4 is 11.4 Å². The van der Waals surface area contributed by atoms with Crippen LogP contribution in [0, 0.1) is 21.4 Å². The maximum atomic E-state index is 10.4. The van der Waals surface area contributed by atoms with Crippen molar-refractivity contribution < 1.29 is 4.92 Å². The Bertz CT molecular complexity index is 381. The van der Waals surface area contributed by atoms with Gasteiger partial charge >= 0.3 is 0 Å². The van der Waals surface area contributed by atoms with Crippen molar-refractivity contribution in [2.24, 2.45) is 0 Å². The molecule has 0 saturated carbocycles. The highest BCUT2D eigenvalue weighted by Crippen LogP contribution is 2.20. The van der Waals surface area contributed by atoms with Gasteiger partial charge in [-0.3, -0.25) is 10.1 Å². The number of nitriles is 1. The predicted molar refractivity (Wildman–Crippen MR) is 47.4 cm³/mol. The first-order valence-electron chi connectivity index (χ1n) is 3.55. The van der Waals surface area contributed by atoms with Gasteiger partial charge in [0.05, 0.1) is 16.2 Å². The smallest absolute Gasteiger partial charge is 0.271 e. The normalized spacial score (nSPS) is 8.92. The fourth-order valence-corrected chi connectivity index (χ4v) is 0.950. The van der Waals surface area contributed by atoms with Gasteiger partial charge in [-0.15, -0.1) is 0 Å². The van der Waals surface area contributed by atoms with Gasteiger partial charge < -0.3 is 5.32 Å². The molecule has 1 aromatic carbocycles. The van der Waals surface area contributed by atoms with E-state index < -0.39 is 4.92 Å². The molecule has 13 heavy (non-hydrogen) atoms. The van der Waals surface area contributed by atoms with Crippen LogP contribution in [-0.4, -0.2) is 12.0 Å². The second kappa shape index (κ2) is 3.54.